The van der Waals surface area contributed by atoms with E-state index in [1.165, 1.54) is 12.1 Å². The van der Waals surface area contributed by atoms with E-state index in [4.69, 9.17) is 46.4 Å². The number of nitrogens with zero attached hydrogens (tertiary/aromatic N) is 1. The third-order valence-corrected chi connectivity index (χ3v) is 6.77. The molecule has 0 saturated carbocycles. The monoisotopic (exact) mass is 506 g/mol. The number of carbonyl (C=O) groups is 3. The molecule has 0 saturated heterocycles. The van der Waals surface area contributed by atoms with Gasteiger partial charge in [0.1, 0.15) is 0 Å². The van der Waals surface area contributed by atoms with Gasteiger partial charge in [-0.3, -0.25) is 14.4 Å². The number of amides is 3. The number of para-hydroxylation sites is 1. The van der Waals surface area contributed by atoms with Gasteiger partial charge in [-0.2, -0.15) is 0 Å². The minimum Gasteiger partial charge on any atom is -0.322 e. The van der Waals surface area contributed by atoms with E-state index in [9.17, 15) is 14.4 Å². The number of carbonyl (C=O) groups excluding carboxylic acids is 3. The van der Waals surface area contributed by atoms with Crippen molar-refractivity contribution in [2.75, 3.05) is 10.2 Å². The minimum atomic E-state index is -0.748. The van der Waals surface area contributed by atoms with Crippen LogP contribution in [0.1, 0.15) is 42.2 Å². The van der Waals surface area contributed by atoms with E-state index >= 15 is 0 Å². The highest BCUT2D eigenvalue weighted by atomic mass is 35.5. The first-order valence-corrected chi connectivity index (χ1v) is 10.9. The number of fused-ring (bicyclic) bond motifs is 1. The largest absolute Gasteiger partial charge is 0.322 e. The minimum absolute atomic E-state index is 0.0833. The lowest BCUT2D eigenvalue weighted by molar-refractivity contribution is 0.0926. The Morgan fingerprint density at radius 1 is 0.781 bits per heavy atom. The van der Waals surface area contributed by atoms with Crippen LogP contribution in [0.5, 0.6) is 0 Å². The molecule has 1 aliphatic rings. The molecule has 9 heteroatoms. The fourth-order valence-corrected chi connectivity index (χ4v) is 4.69. The number of hydrogen-bond acceptors (Lipinski definition) is 3. The Hall–Kier alpha value is -2.57. The summed E-state index contributed by atoms with van der Waals surface area (Å²) in [6.07, 6.45) is 0. The molecule has 0 radical (unpaired) electrons. The Kier molecular flexibility index (Phi) is 5.94. The lowest BCUT2D eigenvalue weighted by atomic mass is 10.1. The average Bonchev–Trinajstić information content (AvgIpc) is 3.00. The van der Waals surface area contributed by atoms with Crippen molar-refractivity contribution in [1.29, 1.82) is 0 Å². The molecular weight excluding hydrogens is 494 g/mol. The molecule has 3 aromatic carbocycles. The second-order valence-corrected chi connectivity index (χ2v) is 8.81. The molecule has 5 nitrogen and oxygen atoms in total. The van der Waals surface area contributed by atoms with Gasteiger partial charge >= 0.3 is 0 Å². The summed E-state index contributed by atoms with van der Waals surface area (Å²) in [5.74, 6) is -1.99. The number of hydrogen-bond donors (Lipinski definition) is 1. The highest BCUT2D eigenvalue weighted by Gasteiger charge is 2.43. The molecule has 4 rings (SSSR count). The Balaban J connectivity index is 1.78. The van der Waals surface area contributed by atoms with Crippen LogP contribution >= 0.6 is 46.4 Å². The first-order valence-electron chi connectivity index (χ1n) is 9.35. The maximum absolute atomic E-state index is 13.2. The van der Waals surface area contributed by atoms with Crippen LogP contribution in [0.2, 0.25) is 20.1 Å². The first-order chi connectivity index (χ1) is 15.1. The molecule has 0 fully saturated rings. The van der Waals surface area contributed by atoms with Gasteiger partial charge in [-0.05, 0) is 49.2 Å². The van der Waals surface area contributed by atoms with Gasteiger partial charge in [-0.25, -0.2) is 4.90 Å². The number of nitrogens with one attached hydrogen (secondary N) is 1. The fraction of sp³-hybridized carbons (Fsp3) is 0.0870. The van der Waals surface area contributed by atoms with Gasteiger partial charge in [0.2, 0.25) is 0 Å². The summed E-state index contributed by atoms with van der Waals surface area (Å²) in [6.45, 7) is 3.83. The van der Waals surface area contributed by atoms with Gasteiger partial charge in [0, 0.05) is 5.69 Å². The normalized spacial score (nSPS) is 12.9. The second-order valence-electron chi connectivity index (χ2n) is 7.30. The Bertz CT molecular complexity index is 1270. The number of anilines is 2. The van der Waals surface area contributed by atoms with Crippen LogP contribution in [0.4, 0.5) is 11.4 Å². The van der Waals surface area contributed by atoms with Crippen LogP contribution < -0.4 is 10.2 Å². The van der Waals surface area contributed by atoms with Gasteiger partial charge in [-0.15, -0.1) is 0 Å². The van der Waals surface area contributed by atoms with Gasteiger partial charge in [0.05, 0.1) is 42.5 Å². The molecule has 3 amide bonds. The number of benzene rings is 3. The lowest BCUT2D eigenvalue weighted by Crippen LogP contribution is -2.31. The van der Waals surface area contributed by atoms with Crippen molar-refractivity contribution in [3.05, 3.63) is 90.4 Å². The van der Waals surface area contributed by atoms with Gasteiger partial charge in [0.25, 0.3) is 17.7 Å². The number of halogens is 4. The Morgan fingerprint density at radius 3 is 1.81 bits per heavy atom. The molecular formula is C23H14Cl4N2O3. The molecule has 162 valence electrons. The quantitative estimate of drug-likeness (QED) is 0.236. The highest BCUT2D eigenvalue weighted by molar-refractivity contribution is 6.56. The highest BCUT2D eigenvalue weighted by Crippen LogP contribution is 2.46. The summed E-state index contributed by atoms with van der Waals surface area (Å²) in [5.41, 5.74) is 2.44. The summed E-state index contributed by atoms with van der Waals surface area (Å²) in [7, 11) is 0. The van der Waals surface area contributed by atoms with Crippen molar-refractivity contribution in [3.8, 4) is 0 Å². The standard InChI is InChI=1S/C23H14Cl4N2O3/c1-10-7-11(2)9-12(8-10)28-21(30)13-5-3-4-6-14(13)29-22(31)15-16(23(29)32)18(25)20(27)19(26)17(15)24/h3-9H,1-2H3,(H,28,30). The summed E-state index contributed by atoms with van der Waals surface area (Å²) in [4.78, 5) is 40.3. The maximum atomic E-state index is 13.2. The molecule has 0 aromatic heterocycles. The van der Waals surface area contributed by atoms with E-state index in [0.29, 0.717) is 5.69 Å². The van der Waals surface area contributed by atoms with Crippen LogP contribution in [0.15, 0.2) is 42.5 Å². The van der Waals surface area contributed by atoms with Crippen molar-refractivity contribution >= 4 is 75.5 Å². The summed E-state index contributed by atoms with van der Waals surface area (Å²) in [5, 5.41) is 2.22. The van der Waals surface area contributed by atoms with Crippen molar-refractivity contribution in [1.82, 2.24) is 0 Å². The van der Waals surface area contributed by atoms with Crippen LogP contribution in [-0.4, -0.2) is 17.7 Å². The average molecular weight is 508 g/mol. The molecule has 0 unspecified atom stereocenters. The van der Waals surface area contributed by atoms with Gasteiger partial charge < -0.3 is 5.32 Å². The molecule has 1 N–H and O–H groups in total. The lowest BCUT2D eigenvalue weighted by Gasteiger charge is -2.18. The molecule has 3 aromatic rings. The van der Waals surface area contributed by atoms with Crippen LogP contribution in [0, 0.1) is 13.8 Å². The molecule has 1 heterocycles. The van der Waals surface area contributed by atoms with E-state index < -0.39 is 17.7 Å². The number of imide groups is 1. The molecule has 1 aliphatic heterocycles. The van der Waals surface area contributed by atoms with Gasteiger partial charge in [-0.1, -0.05) is 64.6 Å². The summed E-state index contributed by atoms with van der Waals surface area (Å²) >= 11 is 24.6. The van der Waals surface area contributed by atoms with E-state index in [2.05, 4.69) is 5.32 Å². The van der Waals surface area contributed by atoms with Crippen LogP contribution in [-0.2, 0) is 0 Å². The van der Waals surface area contributed by atoms with Crippen molar-refractivity contribution < 1.29 is 14.4 Å². The van der Waals surface area contributed by atoms with Gasteiger partial charge in [0.15, 0.2) is 0 Å². The second kappa shape index (κ2) is 8.41. The summed E-state index contributed by atoms with van der Waals surface area (Å²) < 4.78 is 0. The Morgan fingerprint density at radius 2 is 1.28 bits per heavy atom. The first kappa shape index (κ1) is 22.6. The third-order valence-electron chi connectivity index (χ3n) is 4.97. The zero-order chi connectivity index (χ0) is 23.3. The zero-order valence-electron chi connectivity index (χ0n) is 16.7. The molecule has 32 heavy (non-hydrogen) atoms. The molecule has 0 spiro atoms. The summed E-state index contributed by atoms with van der Waals surface area (Å²) in [6, 6.07) is 11.9. The Labute approximate surface area is 203 Å². The van der Waals surface area contributed by atoms with E-state index in [1.807, 2.05) is 32.0 Å². The third kappa shape index (κ3) is 3.65. The smallest absolute Gasteiger partial charge is 0.267 e. The molecule has 0 aliphatic carbocycles. The topological polar surface area (TPSA) is 66.5 Å². The van der Waals surface area contributed by atoms with Crippen molar-refractivity contribution in [2.45, 2.75) is 13.8 Å². The number of rotatable bonds is 3. The van der Waals surface area contributed by atoms with Crippen molar-refractivity contribution in [3.63, 3.8) is 0 Å². The zero-order valence-corrected chi connectivity index (χ0v) is 19.7. The fourth-order valence-electron chi connectivity index (χ4n) is 3.67. The predicted molar refractivity (Wildman–Crippen MR) is 128 cm³/mol. The predicted octanol–water partition coefficient (Wildman–Crippen LogP) is 6.97. The van der Waals surface area contributed by atoms with E-state index in [1.54, 1.807) is 12.1 Å². The van der Waals surface area contributed by atoms with E-state index in [0.717, 1.165) is 16.0 Å². The van der Waals surface area contributed by atoms with Crippen LogP contribution in [0.25, 0.3) is 0 Å². The van der Waals surface area contributed by atoms with Crippen LogP contribution in [0.3, 0.4) is 0 Å². The van der Waals surface area contributed by atoms with E-state index in [-0.39, 0.29) is 42.5 Å². The number of aryl methyl sites for hydroxylation is 2. The SMILES string of the molecule is Cc1cc(C)cc(NC(=O)c2ccccc2N2C(=O)c3c(Cl)c(Cl)c(Cl)c(Cl)c3C2=O)c1. The molecule has 0 atom stereocenters. The van der Waals surface area contributed by atoms with Crippen molar-refractivity contribution in [2.24, 2.45) is 0 Å². The maximum Gasteiger partial charge on any atom is 0.267 e. The molecule has 0 bridgehead atoms.